The zero-order valence-corrected chi connectivity index (χ0v) is 9.56. The maximum Gasteiger partial charge on any atom is 0.136 e. The number of alkyl halides is 1. The van der Waals surface area contributed by atoms with Crippen molar-refractivity contribution in [1.82, 2.24) is 0 Å². The highest BCUT2D eigenvalue weighted by Gasteiger charge is 2.37. The number of aromatic hydroxyl groups is 1. The number of hydrogen-bond donors (Lipinski definition) is 1. The highest BCUT2D eigenvalue weighted by Crippen LogP contribution is 2.42. The van der Waals surface area contributed by atoms with Crippen LogP contribution in [0.4, 0.5) is 4.39 Å². The van der Waals surface area contributed by atoms with Gasteiger partial charge in [0.1, 0.15) is 11.4 Å². The van der Waals surface area contributed by atoms with Gasteiger partial charge in [0.15, 0.2) is 0 Å². The smallest absolute Gasteiger partial charge is 0.136 e. The van der Waals surface area contributed by atoms with E-state index in [0.29, 0.717) is 5.56 Å². The summed E-state index contributed by atoms with van der Waals surface area (Å²) < 4.78 is 14.6. The second-order valence-electron chi connectivity index (χ2n) is 4.18. The third-order valence-corrected chi connectivity index (χ3v) is 4.29. The van der Waals surface area contributed by atoms with Gasteiger partial charge in [-0.05, 0) is 42.5 Å². The summed E-state index contributed by atoms with van der Waals surface area (Å²) >= 11 is 1.82. The second-order valence-corrected chi connectivity index (χ2v) is 5.33. The monoisotopic (exact) mass is 226 g/mol. The molecule has 1 nitrogen and oxygen atoms in total. The van der Waals surface area contributed by atoms with Crippen LogP contribution in [0, 0.1) is 5.92 Å². The molecule has 0 amide bonds. The fourth-order valence-corrected chi connectivity index (χ4v) is 3.37. The van der Waals surface area contributed by atoms with Crippen LogP contribution in [-0.2, 0) is 5.67 Å². The minimum atomic E-state index is -1.27. The Morgan fingerprint density at radius 3 is 2.60 bits per heavy atom. The Kier molecular flexibility index (Phi) is 2.91. The van der Waals surface area contributed by atoms with Gasteiger partial charge in [-0.3, -0.25) is 0 Å². The summed E-state index contributed by atoms with van der Waals surface area (Å²) in [5.74, 6) is 2.25. The van der Waals surface area contributed by atoms with E-state index in [0.717, 1.165) is 17.9 Å². The Morgan fingerprint density at radius 2 is 2.07 bits per heavy atom. The SMILES string of the molecule is CC(F)(c1ccc(O)cc1)C1CCSC1. The lowest BCUT2D eigenvalue weighted by molar-refractivity contribution is 0.116. The zero-order valence-electron chi connectivity index (χ0n) is 8.74. The minimum absolute atomic E-state index is 0.104. The van der Waals surface area contributed by atoms with Crippen molar-refractivity contribution >= 4 is 11.8 Å². The van der Waals surface area contributed by atoms with Gasteiger partial charge in [0, 0.05) is 5.92 Å². The lowest BCUT2D eigenvalue weighted by atomic mass is 9.84. The number of phenolic OH excluding ortho intramolecular Hbond substituents is 1. The summed E-state index contributed by atoms with van der Waals surface area (Å²) in [6.07, 6.45) is 0.943. The molecule has 0 saturated carbocycles. The van der Waals surface area contributed by atoms with E-state index in [1.54, 1.807) is 31.2 Å². The Bertz CT molecular complexity index is 328. The van der Waals surface area contributed by atoms with Crippen LogP contribution in [0.15, 0.2) is 24.3 Å². The minimum Gasteiger partial charge on any atom is -0.508 e. The van der Waals surface area contributed by atoms with Crippen molar-refractivity contribution in [3.8, 4) is 5.75 Å². The van der Waals surface area contributed by atoms with Crippen LogP contribution in [0.25, 0.3) is 0 Å². The molecule has 3 heteroatoms. The summed E-state index contributed by atoms with van der Waals surface area (Å²) in [5, 5.41) is 9.16. The van der Waals surface area contributed by atoms with E-state index in [1.807, 2.05) is 11.8 Å². The van der Waals surface area contributed by atoms with Crippen LogP contribution in [0.1, 0.15) is 18.9 Å². The Balaban J connectivity index is 2.23. The van der Waals surface area contributed by atoms with Crippen molar-refractivity contribution < 1.29 is 9.50 Å². The first-order chi connectivity index (χ1) is 7.10. The van der Waals surface area contributed by atoms with Crippen molar-refractivity contribution in [3.63, 3.8) is 0 Å². The average molecular weight is 226 g/mol. The molecule has 1 heterocycles. The number of rotatable bonds is 2. The first-order valence-electron chi connectivity index (χ1n) is 5.17. The van der Waals surface area contributed by atoms with Crippen molar-refractivity contribution in [2.45, 2.75) is 19.0 Å². The van der Waals surface area contributed by atoms with Gasteiger partial charge in [-0.1, -0.05) is 12.1 Å². The van der Waals surface area contributed by atoms with E-state index in [1.165, 1.54) is 0 Å². The summed E-state index contributed by atoms with van der Waals surface area (Å²) in [6.45, 7) is 1.65. The van der Waals surface area contributed by atoms with Crippen molar-refractivity contribution in [3.05, 3.63) is 29.8 Å². The number of halogens is 1. The Labute approximate surface area is 93.7 Å². The van der Waals surface area contributed by atoms with Crippen molar-refractivity contribution in [1.29, 1.82) is 0 Å². The summed E-state index contributed by atoms with van der Waals surface area (Å²) in [4.78, 5) is 0. The van der Waals surface area contributed by atoms with E-state index in [9.17, 15) is 4.39 Å². The number of phenols is 1. The van der Waals surface area contributed by atoms with E-state index in [2.05, 4.69) is 0 Å². The van der Waals surface area contributed by atoms with Gasteiger partial charge in [-0.25, -0.2) is 4.39 Å². The molecule has 0 spiro atoms. The number of benzene rings is 1. The first kappa shape index (κ1) is 10.8. The molecule has 2 unspecified atom stereocenters. The zero-order chi connectivity index (χ0) is 10.9. The molecule has 0 aromatic heterocycles. The van der Waals surface area contributed by atoms with Gasteiger partial charge in [0.2, 0.25) is 0 Å². The maximum atomic E-state index is 14.6. The Morgan fingerprint density at radius 1 is 1.40 bits per heavy atom. The third kappa shape index (κ3) is 2.12. The summed E-state index contributed by atoms with van der Waals surface area (Å²) in [5.41, 5.74) is -0.593. The molecular formula is C12H15FOS. The maximum absolute atomic E-state index is 14.6. The molecule has 2 atom stereocenters. The molecule has 0 bridgehead atoms. The second kappa shape index (κ2) is 4.05. The van der Waals surface area contributed by atoms with E-state index in [4.69, 9.17) is 5.11 Å². The molecule has 15 heavy (non-hydrogen) atoms. The van der Waals surface area contributed by atoms with Crippen LogP contribution in [0.3, 0.4) is 0 Å². The molecule has 1 aromatic rings. The molecule has 1 N–H and O–H groups in total. The van der Waals surface area contributed by atoms with Gasteiger partial charge in [0.05, 0.1) is 0 Å². The van der Waals surface area contributed by atoms with Gasteiger partial charge in [0.25, 0.3) is 0 Å². The molecule has 0 aliphatic carbocycles. The lowest BCUT2D eigenvalue weighted by Gasteiger charge is -2.27. The first-order valence-corrected chi connectivity index (χ1v) is 6.32. The Hall–Kier alpha value is -0.700. The molecule has 1 fully saturated rings. The predicted molar refractivity (Wildman–Crippen MR) is 62.0 cm³/mol. The topological polar surface area (TPSA) is 20.2 Å². The van der Waals surface area contributed by atoms with Gasteiger partial charge in [-0.15, -0.1) is 0 Å². The predicted octanol–water partition coefficient (Wildman–Crippen LogP) is 3.33. The van der Waals surface area contributed by atoms with Crippen molar-refractivity contribution in [2.24, 2.45) is 5.92 Å². The summed E-state index contributed by atoms with van der Waals surface area (Å²) in [6, 6.07) is 6.46. The molecule has 1 aliphatic rings. The fourth-order valence-electron chi connectivity index (χ4n) is 1.99. The molecule has 2 rings (SSSR count). The van der Waals surface area contributed by atoms with Gasteiger partial charge in [-0.2, -0.15) is 11.8 Å². The average Bonchev–Trinajstić information content (AvgIpc) is 2.71. The highest BCUT2D eigenvalue weighted by atomic mass is 32.2. The van der Waals surface area contributed by atoms with E-state index in [-0.39, 0.29) is 11.7 Å². The molecule has 1 saturated heterocycles. The molecule has 1 aliphatic heterocycles. The molecule has 1 aromatic carbocycles. The standard InChI is InChI=1S/C12H15FOS/c1-12(13,10-6-7-15-8-10)9-2-4-11(14)5-3-9/h2-5,10,14H,6-8H2,1H3. The summed E-state index contributed by atoms with van der Waals surface area (Å²) in [7, 11) is 0. The van der Waals surface area contributed by atoms with Gasteiger partial charge < -0.3 is 5.11 Å². The van der Waals surface area contributed by atoms with Gasteiger partial charge >= 0.3 is 0 Å². The third-order valence-electron chi connectivity index (χ3n) is 3.13. The largest absolute Gasteiger partial charge is 0.508 e. The van der Waals surface area contributed by atoms with Crippen LogP contribution >= 0.6 is 11.8 Å². The lowest BCUT2D eigenvalue weighted by Crippen LogP contribution is -2.26. The van der Waals surface area contributed by atoms with Crippen LogP contribution in [0.2, 0.25) is 0 Å². The van der Waals surface area contributed by atoms with Crippen LogP contribution in [0.5, 0.6) is 5.75 Å². The molecular weight excluding hydrogens is 211 g/mol. The van der Waals surface area contributed by atoms with Crippen LogP contribution in [-0.4, -0.2) is 16.6 Å². The van der Waals surface area contributed by atoms with Crippen LogP contribution < -0.4 is 0 Å². The fraction of sp³-hybridized carbons (Fsp3) is 0.500. The van der Waals surface area contributed by atoms with E-state index < -0.39 is 5.67 Å². The molecule has 0 radical (unpaired) electrons. The normalized spacial score (nSPS) is 25.1. The quantitative estimate of drug-likeness (QED) is 0.834. The highest BCUT2D eigenvalue weighted by molar-refractivity contribution is 7.99. The number of thioether (sulfide) groups is 1. The molecule has 82 valence electrons. The number of hydrogen-bond acceptors (Lipinski definition) is 2. The van der Waals surface area contributed by atoms with E-state index >= 15 is 0 Å². The van der Waals surface area contributed by atoms with Crippen molar-refractivity contribution in [2.75, 3.05) is 11.5 Å².